The van der Waals surface area contributed by atoms with E-state index in [2.05, 4.69) is 15.6 Å². The predicted octanol–water partition coefficient (Wildman–Crippen LogP) is 1.79. The van der Waals surface area contributed by atoms with Gasteiger partial charge < -0.3 is 15.0 Å². The Bertz CT molecular complexity index is 636. The number of rotatable bonds is 3. The summed E-state index contributed by atoms with van der Waals surface area (Å²) < 4.78 is 5.79. The normalized spacial score (nSPS) is 31.6. The maximum atomic E-state index is 13.0. The summed E-state index contributed by atoms with van der Waals surface area (Å²) in [6.45, 7) is 4.61. The molecular formula is C18H25N3O2S. The lowest BCUT2D eigenvalue weighted by Gasteiger charge is -2.37. The molecule has 1 aromatic heterocycles. The Labute approximate surface area is 146 Å². The van der Waals surface area contributed by atoms with Crippen molar-refractivity contribution in [1.29, 1.82) is 0 Å². The van der Waals surface area contributed by atoms with E-state index in [9.17, 15) is 4.79 Å². The highest BCUT2D eigenvalue weighted by Gasteiger charge is 2.56. The second kappa shape index (κ2) is 5.78. The molecule has 1 aromatic rings. The number of nitrogens with zero attached hydrogens (tertiary/aromatic N) is 2. The van der Waals surface area contributed by atoms with Crippen molar-refractivity contribution in [2.24, 2.45) is 11.3 Å². The Balaban J connectivity index is 1.32. The lowest BCUT2D eigenvalue weighted by Crippen LogP contribution is -2.43. The van der Waals surface area contributed by atoms with E-state index in [1.165, 1.54) is 30.7 Å². The van der Waals surface area contributed by atoms with E-state index in [1.54, 1.807) is 11.3 Å². The molecule has 4 aliphatic rings. The molecule has 0 aromatic carbocycles. The van der Waals surface area contributed by atoms with E-state index in [-0.39, 0.29) is 17.4 Å². The summed E-state index contributed by atoms with van der Waals surface area (Å²) in [6.07, 6.45) is 5.34. The smallest absolute Gasteiger partial charge is 0.228 e. The number of likely N-dealkylation sites (tertiary alicyclic amines) is 1. The van der Waals surface area contributed by atoms with E-state index < -0.39 is 0 Å². The minimum Gasteiger partial charge on any atom is -0.379 e. The van der Waals surface area contributed by atoms with Crippen LogP contribution in [0.2, 0.25) is 0 Å². The molecule has 0 radical (unpaired) electrons. The first-order valence-corrected chi connectivity index (χ1v) is 10.2. The number of fused-ring (bicyclic) bond motifs is 2. The molecule has 1 N–H and O–H groups in total. The summed E-state index contributed by atoms with van der Waals surface area (Å²) >= 11 is 1.73. The van der Waals surface area contributed by atoms with Crippen molar-refractivity contribution >= 4 is 17.2 Å². The fourth-order valence-electron chi connectivity index (χ4n) is 4.91. The quantitative estimate of drug-likeness (QED) is 0.906. The van der Waals surface area contributed by atoms with E-state index >= 15 is 0 Å². The number of amides is 1. The van der Waals surface area contributed by atoms with Crippen LogP contribution in [0.3, 0.4) is 0 Å². The maximum absolute atomic E-state index is 13.0. The van der Waals surface area contributed by atoms with Gasteiger partial charge in [0, 0.05) is 23.8 Å². The molecule has 0 bridgehead atoms. The van der Waals surface area contributed by atoms with Crippen LogP contribution in [0, 0.1) is 11.3 Å². The fraction of sp³-hybridized carbons (Fsp3) is 0.778. The van der Waals surface area contributed by atoms with Gasteiger partial charge in [-0.05, 0) is 44.2 Å². The van der Waals surface area contributed by atoms with Crippen LogP contribution in [-0.2, 0) is 16.0 Å². The fourth-order valence-corrected chi connectivity index (χ4v) is 5.90. The van der Waals surface area contributed by atoms with Gasteiger partial charge in [0.25, 0.3) is 0 Å². The molecule has 1 spiro atoms. The zero-order chi connectivity index (χ0) is 16.1. The Morgan fingerprint density at radius 1 is 1.38 bits per heavy atom. The minimum atomic E-state index is 0.249. The first kappa shape index (κ1) is 15.3. The summed E-state index contributed by atoms with van der Waals surface area (Å²) in [5, 5.41) is 6.79. The third kappa shape index (κ3) is 2.50. The largest absolute Gasteiger partial charge is 0.379 e. The van der Waals surface area contributed by atoms with Crippen molar-refractivity contribution in [2.75, 3.05) is 32.8 Å². The Morgan fingerprint density at radius 3 is 3.00 bits per heavy atom. The van der Waals surface area contributed by atoms with Crippen molar-refractivity contribution in [3.8, 4) is 0 Å². The lowest BCUT2D eigenvalue weighted by atomic mass is 9.70. The molecule has 130 valence electrons. The highest BCUT2D eigenvalue weighted by Crippen LogP contribution is 2.49. The average molecular weight is 347 g/mol. The van der Waals surface area contributed by atoms with Crippen LogP contribution in [0.5, 0.6) is 0 Å². The molecule has 4 fully saturated rings. The number of carbonyl (C=O) groups excluding carboxylic acids is 1. The third-order valence-electron chi connectivity index (χ3n) is 6.47. The van der Waals surface area contributed by atoms with Gasteiger partial charge in [-0.25, -0.2) is 4.98 Å². The van der Waals surface area contributed by atoms with Crippen molar-refractivity contribution in [3.63, 3.8) is 0 Å². The third-order valence-corrected chi connectivity index (χ3v) is 7.53. The number of carbonyl (C=O) groups is 1. The number of aromatic nitrogens is 1. The standard InChI is InChI=1S/C18H25N3O2S/c22-16(7-13-10-24-17(20-13)12-1-2-12)21-11-18(3-5-19-6-4-18)14-8-23-9-15(14)21/h10,12,14-15,19H,1-9,11H2/t14-,15+/m0/s1. The number of hydrogen-bond donors (Lipinski definition) is 1. The molecule has 1 amide bonds. The molecule has 1 saturated carbocycles. The van der Waals surface area contributed by atoms with Crippen molar-refractivity contribution in [2.45, 2.75) is 44.1 Å². The predicted molar refractivity (Wildman–Crippen MR) is 92.1 cm³/mol. The zero-order valence-corrected chi connectivity index (χ0v) is 14.8. The molecule has 3 saturated heterocycles. The Kier molecular flexibility index (Phi) is 3.68. The molecule has 4 heterocycles. The molecule has 1 aliphatic carbocycles. The van der Waals surface area contributed by atoms with E-state index in [0.29, 0.717) is 18.3 Å². The monoisotopic (exact) mass is 347 g/mol. The van der Waals surface area contributed by atoms with Crippen LogP contribution in [0.1, 0.15) is 42.3 Å². The second-order valence-corrected chi connectivity index (χ2v) is 8.86. The number of hydrogen-bond acceptors (Lipinski definition) is 5. The molecule has 24 heavy (non-hydrogen) atoms. The minimum absolute atomic E-state index is 0.249. The topological polar surface area (TPSA) is 54.5 Å². The van der Waals surface area contributed by atoms with Gasteiger partial charge in [0.1, 0.15) is 0 Å². The molecule has 0 unspecified atom stereocenters. The number of thiazole rings is 1. The van der Waals surface area contributed by atoms with Gasteiger partial charge in [0.2, 0.25) is 5.91 Å². The van der Waals surface area contributed by atoms with Crippen LogP contribution in [0.4, 0.5) is 0 Å². The van der Waals surface area contributed by atoms with Gasteiger partial charge >= 0.3 is 0 Å². The zero-order valence-electron chi connectivity index (χ0n) is 14.0. The first-order chi connectivity index (χ1) is 11.8. The maximum Gasteiger partial charge on any atom is 0.228 e. The van der Waals surface area contributed by atoms with E-state index in [4.69, 9.17) is 9.72 Å². The number of ether oxygens (including phenoxy) is 1. The number of nitrogens with one attached hydrogen (secondary N) is 1. The van der Waals surface area contributed by atoms with Crippen molar-refractivity contribution in [3.05, 3.63) is 16.1 Å². The molecule has 6 heteroatoms. The van der Waals surface area contributed by atoms with Crippen LogP contribution in [-0.4, -0.2) is 54.7 Å². The highest BCUT2D eigenvalue weighted by atomic mass is 32.1. The highest BCUT2D eigenvalue weighted by molar-refractivity contribution is 7.09. The van der Waals surface area contributed by atoms with E-state index in [1.807, 2.05) is 0 Å². The first-order valence-electron chi connectivity index (χ1n) is 9.27. The number of piperidine rings is 1. The van der Waals surface area contributed by atoms with Crippen LogP contribution in [0.15, 0.2) is 5.38 Å². The van der Waals surface area contributed by atoms with Gasteiger partial charge in [-0.15, -0.1) is 11.3 Å². The SMILES string of the molecule is O=C(Cc1csc(C2CC2)n1)N1CC2(CCNCC2)[C@H]2COC[C@H]21. The van der Waals surface area contributed by atoms with Gasteiger partial charge in [-0.2, -0.15) is 0 Å². The summed E-state index contributed by atoms with van der Waals surface area (Å²) in [5.41, 5.74) is 1.25. The summed E-state index contributed by atoms with van der Waals surface area (Å²) in [7, 11) is 0. The van der Waals surface area contributed by atoms with Gasteiger partial charge in [-0.1, -0.05) is 0 Å². The molecular weight excluding hydrogens is 322 g/mol. The lowest BCUT2D eigenvalue weighted by molar-refractivity contribution is -0.132. The molecule has 5 rings (SSSR count). The summed E-state index contributed by atoms with van der Waals surface area (Å²) in [6, 6.07) is 0.289. The second-order valence-electron chi connectivity index (χ2n) is 7.97. The average Bonchev–Trinajstić information content (AvgIpc) is 3.04. The van der Waals surface area contributed by atoms with Gasteiger partial charge in [0.15, 0.2) is 0 Å². The van der Waals surface area contributed by atoms with Gasteiger partial charge in [-0.3, -0.25) is 4.79 Å². The van der Waals surface area contributed by atoms with Crippen molar-refractivity contribution < 1.29 is 9.53 Å². The van der Waals surface area contributed by atoms with E-state index in [0.717, 1.165) is 38.5 Å². The summed E-state index contributed by atoms with van der Waals surface area (Å²) in [4.78, 5) is 19.8. The van der Waals surface area contributed by atoms with Crippen molar-refractivity contribution in [1.82, 2.24) is 15.2 Å². The molecule has 2 atom stereocenters. The van der Waals surface area contributed by atoms with Crippen LogP contribution < -0.4 is 5.32 Å². The molecule has 5 nitrogen and oxygen atoms in total. The van der Waals surface area contributed by atoms with Crippen LogP contribution >= 0.6 is 11.3 Å². The summed E-state index contributed by atoms with van der Waals surface area (Å²) in [5.74, 6) is 1.45. The van der Waals surface area contributed by atoms with Gasteiger partial charge in [0.05, 0.1) is 36.4 Å². The Morgan fingerprint density at radius 2 is 2.21 bits per heavy atom. The Hall–Kier alpha value is -0.980. The van der Waals surface area contributed by atoms with Crippen LogP contribution in [0.25, 0.3) is 0 Å². The molecule has 3 aliphatic heterocycles.